The van der Waals surface area contributed by atoms with Crippen molar-refractivity contribution in [1.82, 2.24) is 19.0 Å². The van der Waals surface area contributed by atoms with Gasteiger partial charge in [0.25, 0.3) is 5.91 Å². The van der Waals surface area contributed by atoms with Gasteiger partial charge in [0.1, 0.15) is 5.15 Å². The number of nitrogens with zero attached hydrogens (tertiary/aromatic N) is 4. The zero-order valence-electron chi connectivity index (χ0n) is 13.3. The minimum absolute atomic E-state index is 0.0712. The fourth-order valence-electron chi connectivity index (χ4n) is 2.68. The van der Waals surface area contributed by atoms with Crippen LogP contribution in [-0.2, 0) is 26.5 Å². The molecule has 0 spiro atoms. The van der Waals surface area contributed by atoms with Crippen LogP contribution >= 0.6 is 11.6 Å². The summed E-state index contributed by atoms with van der Waals surface area (Å²) < 4.78 is 38.8. The third kappa shape index (κ3) is 3.16. The molecule has 1 aromatic rings. The van der Waals surface area contributed by atoms with E-state index in [1.54, 1.807) is 0 Å². The summed E-state index contributed by atoms with van der Waals surface area (Å²) in [5.74, 6) is -0.451. The summed E-state index contributed by atoms with van der Waals surface area (Å²) in [5.41, 5.74) is -0.143. The molecule has 0 atom stereocenters. The standard InChI is InChI=1S/C13H19ClN4O5S/c1-16-12(14)11(24(20,21)18-4-8-23-9-5-18)10(15-16)13(19)17-2-6-22-7-3-17/h2-9H2,1H3. The zero-order chi connectivity index (χ0) is 17.3. The van der Waals surface area contributed by atoms with E-state index in [4.69, 9.17) is 21.1 Å². The Morgan fingerprint density at radius 1 is 1.08 bits per heavy atom. The van der Waals surface area contributed by atoms with Crippen molar-refractivity contribution in [2.24, 2.45) is 7.05 Å². The number of ether oxygens (including phenoxy) is 2. The van der Waals surface area contributed by atoms with Gasteiger partial charge in [-0.05, 0) is 0 Å². The van der Waals surface area contributed by atoms with E-state index in [9.17, 15) is 13.2 Å². The Bertz CT molecular complexity index is 723. The number of rotatable bonds is 3. The van der Waals surface area contributed by atoms with Crippen molar-refractivity contribution in [2.75, 3.05) is 52.6 Å². The van der Waals surface area contributed by atoms with Crippen molar-refractivity contribution < 1.29 is 22.7 Å². The highest BCUT2D eigenvalue weighted by Gasteiger charge is 2.37. The van der Waals surface area contributed by atoms with Gasteiger partial charge in [0.2, 0.25) is 10.0 Å². The summed E-state index contributed by atoms with van der Waals surface area (Å²) in [4.78, 5) is 14.0. The minimum atomic E-state index is -3.93. The van der Waals surface area contributed by atoms with Gasteiger partial charge in [-0.3, -0.25) is 9.48 Å². The Morgan fingerprint density at radius 3 is 2.21 bits per heavy atom. The lowest BCUT2D eigenvalue weighted by Gasteiger charge is -2.28. The van der Waals surface area contributed by atoms with Gasteiger partial charge in [-0.25, -0.2) is 8.42 Å². The van der Waals surface area contributed by atoms with Crippen molar-refractivity contribution in [3.63, 3.8) is 0 Å². The Labute approximate surface area is 145 Å². The van der Waals surface area contributed by atoms with Crippen molar-refractivity contribution in [3.8, 4) is 0 Å². The molecule has 3 rings (SSSR count). The lowest BCUT2D eigenvalue weighted by Crippen LogP contribution is -2.43. The van der Waals surface area contributed by atoms with Gasteiger partial charge < -0.3 is 14.4 Å². The maximum absolute atomic E-state index is 13.0. The minimum Gasteiger partial charge on any atom is -0.379 e. The molecule has 2 aliphatic heterocycles. The van der Waals surface area contributed by atoms with Crippen LogP contribution in [-0.4, -0.2) is 85.9 Å². The third-order valence-electron chi connectivity index (χ3n) is 4.01. The molecule has 2 fully saturated rings. The average molecular weight is 379 g/mol. The van der Waals surface area contributed by atoms with E-state index in [0.717, 1.165) is 0 Å². The number of halogens is 1. The van der Waals surface area contributed by atoms with E-state index < -0.39 is 15.9 Å². The predicted octanol–water partition coefficient (Wildman–Crippen LogP) is -0.433. The van der Waals surface area contributed by atoms with Gasteiger partial charge in [-0.1, -0.05) is 11.6 Å². The molecule has 11 heteroatoms. The van der Waals surface area contributed by atoms with Crippen molar-refractivity contribution in [2.45, 2.75) is 4.90 Å². The van der Waals surface area contributed by atoms with Crippen molar-refractivity contribution in [1.29, 1.82) is 0 Å². The number of aryl methyl sites for hydroxylation is 1. The molecule has 0 unspecified atom stereocenters. The number of carbonyl (C=O) groups is 1. The molecule has 0 saturated carbocycles. The number of sulfonamides is 1. The molecular formula is C13H19ClN4O5S. The first-order chi connectivity index (χ1) is 11.4. The van der Waals surface area contributed by atoms with Crippen LogP contribution in [0.15, 0.2) is 4.90 Å². The first-order valence-corrected chi connectivity index (χ1v) is 9.42. The lowest BCUT2D eigenvalue weighted by atomic mass is 10.3. The van der Waals surface area contributed by atoms with Crippen LogP contribution in [0.1, 0.15) is 10.5 Å². The smallest absolute Gasteiger partial charge is 0.275 e. The molecule has 3 heterocycles. The predicted molar refractivity (Wildman–Crippen MR) is 84.5 cm³/mol. The summed E-state index contributed by atoms with van der Waals surface area (Å²) in [7, 11) is -2.42. The van der Waals surface area contributed by atoms with E-state index in [2.05, 4.69) is 5.10 Å². The van der Waals surface area contributed by atoms with Gasteiger partial charge in [-0.2, -0.15) is 9.40 Å². The van der Waals surface area contributed by atoms with Crippen molar-refractivity contribution in [3.05, 3.63) is 10.8 Å². The van der Waals surface area contributed by atoms with E-state index in [-0.39, 0.29) is 28.8 Å². The summed E-state index contributed by atoms with van der Waals surface area (Å²) in [6.45, 7) is 2.68. The fraction of sp³-hybridized carbons (Fsp3) is 0.692. The summed E-state index contributed by atoms with van der Waals surface area (Å²) in [5, 5.41) is 3.99. The van der Waals surface area contributed by atoms with Gasteiger partial charge in [0.15, 0.2) is 10.6 Å². The highest BCUT2D eigenvalue weighted by molar-refractivity contribution is 7.89. The molecule has 9 nitrogen and oxygen atoms in total. The molecule has 24 heavy (non-hydrogen) atoms. The quantitative estimate of drug-likeness (QED) is 0.708. The lowest BCUT2D eigenvalue weighted by molar-refractivity contribution is 0.0296. The van der Waals surface area contributed by atoms with Crippen LogP contribution in [0.2, 0.25) is 5.15 Å². The third-order valence-corrected chi connectivity index (χ3v) is 6.50. The molecule has 0 N–H and O–H groups in total. The molecule has 0 bridgehead atoms. The monoisotopic (exact) mass is 378 g/mol. The normalized spacial score (nSPS) is 20.3. The zero-order valence-corrected chi connectivity index (χ0v) is 14.8. The van der Waals surface area contributed by atoms with E-state index in [1.807, 2.05) is 0 Å². The molecule has 2 aliphatic rings. The second kappa shape index (κ2) is 6.96. The molecule has 1 amide bonds. The number of aromatic nitrogens is 2. The second-order valence-electron chi connectivity index (χ2n) is 5.51. The van der Waals surface area contributed by atoms with E-state index >= 15 is 0 Å². The van der Waals surface area contributed by atoms with Crippen LogP contribution in [0.5, 0.6) is 0 Å². The maximum Gasteiger partial charge on any atom is 0.275 e. The number of hydrogen-bond acceptors (Lipinski definition) is 6. The van der Waals surface area contributed by atoms with Crippen LogP contribution in [0.4, 0.5) is 0 Å². The van der Waals surface area contributed by atoms with Gasteiger partial charge in [0, 0.05) is 33.2 Å². The van der Waals surface area contributed by atoms with Gasteiger partial charge in [0.05, 0.1) is 26.4 Å². The van der Waals surface area contributed by atoms with Crippen LogP contribution < -0.4 is 0 Å². The number of amides is 1. The number of morpholine rings is 2. The molecule has 134 valence electrons. The Morgan fingerprint density at radius 2 is 1.62 bits per heavy atom. The summed E-state index contributed by atoms with van der Waals surface area (Å²) in [6, 6.07) is 0. The average Bonchev–Trinajstić information content (AvgIpc) is 2.91. The molecule has 1 aromatic heterocycles. The van der Waals surface area contributed by atoms with Crippen molar-refractivity contribution >= 4 is 27.5 Å². The fourth-order valence-corrected chi connectivity index (χ4v) is 4.71. The van der Waals surface area contributed by atoms with Crippen LogP contribution in [0.3, 0.4) is 0 Å². The molecule has 2 saturated heterocycles. The highest BCUT2D eigenvalue weighted by Crippen LogP contribution is 2.29. The number of hydrogen-bond donors (Lipinski definition) is 0. The largest absolute Gasteiger partial charge is 0.379 e. The van der Waals surface area contributed by atoms with Crippen LogP contribution in [0.25, 0.3) is 0 Å². The Balaban J connectivity index is 1.99. The summed E-state index contributed by atoms with van der Waals surface area (Å²) in [6.07, 6.45) is 0. The SMILES string of the molecule is Cn1nc(C(=O)N2CCOCC2)c(S(=O)(=O)N2CCOCC2)c1Cl. The maximum atomic E-state index is 13.0. The van der Waals surface area contributed by atoms with Gasteiger partial charge in [-0.15, -0.1) is 0 Å². The Hall–Kier alpha value is -1.20. The molecule has 0 aromatic carbocycles. The molecule has 0 aliphatic carbocycles. The van der Waals surface area contributed by atoms with Crippen LogP contribution in [0, 0.1) is 0 Å². The first-order valence-electron chi connectivity index (χ1n) is 7.60. The van der Waals surface area contributed by atoms with Gasteiger partial charge >= 0.3 is 0 Å². The van der Waals surface area contributed by atoms with E-state index in [1.165, 1.54) is 20.9 Å². The topological polar surface area (TPSA) is 94.0 Å². The van der Waals surface area contributed by atoms with E-state index in [0.29, 0.717) is 39.5 Å². The molecule has 0 radical (unpaired) electrons. The second-order valence-corrected chi connectivity index (χ2v) is 7.75. The summed E-state index contributed by atoms with van der Waals surface area (Å²) >= 11 is 6.17. The highest BCUT2D eigenvalue weighted by atomic mass is 35.5. The molecular weight excluding hydrogens is 360 g/mol. The number of carbonyl (C=O) groups excluding carboxylic acids is 1. The first kappa shape index (κ1) is 17.6. The Kier molecular flexibility index (Phi) is 5.11.